The molecule has 13 rings (SSSR count). The minimum absolute atomic E-state index is 0.0993. The number of aryl methyl sites for hydroxylation is 1. The number of ether oxygens (including phenoxy) is 1. The highest BCUT2D eigenvalue weighted by molar-refractivity contribution is 7.20. The van der Waals surface area contributed by atoms with Crippen molar-refractivity contribution in [1.82, 2.24) is 14.1 Å². The lowest BCUT2D eigenvalue weighted by Gasteiger charge is -2.38. The number of fused-ring (bicyclic) bond motifs is 4. The van der Waals surface area contributed by atoms with E-state index in [0.29, 0.717) is 27.6 Å². The molecular formula is C71H56N4OSi. The first kappa shape index (κ1) is 25.9. The lowest BCUT2D eigenvalue weighted by atomic mass is 9.83. The van der Waals surface area contributed by atoms with E-state index in [1.54, 1.807) is 109 Å². The van der Waals surface area contributed by atoms with Gasteiger partial charge in [0.05, 0.1) is 67.7 Å². The van der Waals surface area contributed by atoms with Gasteiger partial charge in [0.2, 0.25) is 0 Å². The smallest absolute Gasteiger partial charge is 0.269 e. The summed E-state index contributed by atoms with van der Waals surface area (Å²) in [4.78, 5) is 4.69. The summed E-state index contributed by atoms with van der Waals surface area (Å²) in [5.41, 5.74) is -0.894. The lowest BCUT2D eigenvalue weighted by Crippen LogP contribution is -2.76. The van der Waals surface area contributed by atoms with Gasteiger partial charge in [-0.3, -0.25) is 13.7 Å². The van der Waals surface area contributed by atoms with E-state index >= 15 is 0 Å². The standard InChI is InChI=1S/C71H56N4OSi/c1-50-43-69(72-48-62(50)52-27-12-6-13-28-52)75-64-38-21-20-37-60(64)61-42-41-56(47-67(61)75)76-55-30-24-29-54(46-55)73-49-74(66-40-23-22-39-65(66)73)70-63(71(2,3)4)44-53(51-25-10-5-11-26-51)45-68(70)77(57-31-14-7-15-32-57,58-33-16-8-17-34-58)59-35-18-9-19-36-59/h5-48H,1-4H3/i1D3,5D,6D,7D,8D,9D,10D,11D,12D,13D,14D,15D,16D,17D,18D,19D,25D,26D,27D,28D,31D,32D,33D,34D,35D,36D. The van der Waals surface area contributed by atoms with Crippen LogP contribution in [-0.2, 0) is 5.41 Å². The average molecular weight is 1040 g/mol. The monoisotopic (exact) mass is 1040 g/mol. The van der Waals surface area contributed by atoms with Gasteiger partial charge in [-0.2, -0.15) is 0 Å². The molecule has 0 spiro atoms. The highest BCUT2D eigenvalue weighted by Gasteiger charge is 2.45. The van der Waals surface area contributed by atoms with Crippen LogP contribution in [0.1, 0.15) is 70.3 Å². The van der Waals surface area contributed by atoms with Crippen LogP contribution in [0, 0.1) is 13.2 Å². The van der Waals surface area contributed by atoms with Crippen LogP contribution in [0.2, 0.25) is 0 Å². The van der Waals surface area contributed by atoms with Gasteiger partial charge in [-0.05, 0) is 103 Å². The molecule has 0 amide bonds. The van der Waals surface area contributed by atoms with E-state index in [0.717, 1.165) is 5.39 Å². The van der Waals surface area contributed by atoms with E-state index in [4.69, 9.17) is 28.9 Å². The van der Waals surface area contributed by atoms with Gasteiger partial charge in [0.15, 0.2) is 8.07 Å². The van der Waals surface area contributed by atoms with E-state index in [1.807, 2.05) is 12.1 Å². The maximum Gasteiger partial charge on any atom is 0.269 e. The van der Waals surface area contributed by atoms with Gasteiger partial charge in [0, 0.05) is 32.7 Å². The molecular weight excluding hydrogens is 953 g/mol. The third kappa shape index (κ3) is 8.35. The van der Waals surface area contributed by atoms with Gasteiger partial charge in [-0.15, -0.1) is 0 Å². The van der Waals surface area contributed by atoms with Gasteiger partial charge < -0.3 is 4.74 Å². The summed E-state index contributed by atoms with van der Waals surface area (Å²) >= 11 is 0. The van der Waals surface area contributed by atoms with E-state index in [2.05, 4.69) is 6.33 Å². The summed E-state index contributed by atoms with van der Waals surface area (Å²) in [6, 6.07) is 7.18. The van der Waals surface area contributed by atoms with Crippen LogP contribution in [-0.4, -0.2) is 22.2 Å². The molecule has 0 saturated heterocycles. The zero-order valence-electron chi connectivity index (χ0n) is 69.2. The maximum atomic E-state index is 10.0. The summed E-state index contributed by atoms with van der Waals surface area (Å²) in [7, 11) is -6.18. The van der Waals surface area contributed by atoms with Gasteiger partial charge in [0.25, 0.3) is 6.33 Å². The Labute approximate surface area is 490 Å². The Kier molecular flexibility index (Phi) is 6.53. The summed E-state index contributed by atoms with van der Waals surface area (Å²) < 4.78 is 268. The van der Waals surface area contributed by atoms with Gasteiger partial charge in [0.1, 0.15) is 17.3 Å². The molecule has 6 heteroatoms. The fourth-order valence-corrected chi connectivity index (χ4v) is 14.0. The first-order chi connectivity index (χ1) is 49.3. The zero-order chi connectivity index (χ0) is 76.3. The fourth-order valence-electron chi connectivity index (χ4n) is 10.0. The van der Waals surface area contributed by atoms with Crippen LogP contribution in [0.3, 0.4) is 0 Å². The number of rotatable bonds is 11. The maximum absolute atomic E-state index is 10.0. The predicted octanol–water partition coefficient (Wildman–Crippen LogP) is 14.3. The second kappa shape index (κ2) is 19.4. The number of hydrogen-bond acceptors (Lipinski definition) is 2. The molecule has 0 aliphatic rings. The molecule has 0 aliphatic carbocycles. The fraction of sp³-hybridized carbons (Fsp3) is 0.0704. The second-order valence-electron chi connectivity index (χ2n) is 18.9. The lowest BCUT2D eigenvalue weighted by molar-refractivity contribution is -0.572. The van der Waals surface area contributed by atoms with E-state index in [9.17, 15) is 19.2 Å². The van der Waals surface area contributed by atoms with Crippen LogP contribution in [0.5, 0.6) is 11.5 Å². The Morgan fingerprint density at radius 2 is 1.13 bits per heavy atom. The molecule has 0 unspecified atom stereocenters. The summed E-state index contributed by atoms with van der Waals surface area (Å²) in [5.74, 6) is 0.564. The zero-order valence-corrected chi connectivity index (χ0v) is 42.2. The SMILES string of the molecule is [2H]c1c([2H])c([2H])c(-c2cc(C(C)(C)C)c(-[n+]3[c-]n(-c4cccc(Oc5ccc6c7ccccc7n(-c7cc(C([2H])([2H])[2H])c(-c8c([2H])c([2H])c([2H])c([2H])c8[2H])cn7)c6c5)c4)c4ccccc43)c([Si](c3c([2H])c([2H])c([2H])c([2H])c3[2H])(c3c([2H])c([2H])c([2H])c([2H])c3[2H])c3c([2H])c([2H])c([2H])c([2H])c3[2H])c2)c([2H])c1[2H]. The molecule has 0 N–H and O–H groups in total. The van der Waals surface area contributed by atoms with Crippen molar-refractivity contribution >= 4 is 61.7 Å². The molecule has 5 nitrogen and oxygen atoms in total. The van der Waals surface area contributed by atoms with Crippen molar-refractivity contribution in [2.45, 2.75) is 33.0 Å². The van der Waals surface area contributed by atoms with Crippen LogP contribution >= 0.6 is 0 Å². The minimum Gasteiger partial charge on any atom is -0.458 e. The Hall–Kier alpha value is -9.36. The van der Waals surface area contributed by atoms with Crippen molar-refractivity contribution < 1.29 is 47.7 Å². The van der Waals surface area contributed by atoms with Gasteiger partial charge in [-0.1, -0.05) is 232 Å². The Balaban J connectivity index is 1.11. The Morgan fingerprint density at radius 3 is 1.78 bits per heavy atom. The topological polar surface area (TPSA) is 35.9 Å². The van der Waals surface area contributed by atoms with Crippen LogP contribution < -0.4 is 30.1 Å². The molecule has 77 heavy (non-hydrogen) atoms. The number of benzene rings is 10. The first-order valence-electron chi connectivity index (χ1n) is 38.1. The highest BCUT2D eigenvalue weighted by Crippen LogP contribution is 2.38. The largest absolute Gasteiger partial charge is 0.458 e. The predicted molar refractivity (Wildman–Crippen MR) is 320 cm³/mol. The molecule has 3 aromatic heterocycles. The molecule has 3 heterocycles. The van der Waals surface area contributed by atoms with Crippen molar-refractivity contribution in [3.8, 4) is 50.9 Å². The Bertz CT molecular complexity index is 5650. The van der Waals surface area contributed by atoms with E-state index in [-0.39, 0.29) is 56.3 Å². The van der Waals surface area contributed by atoms with Gasteiger partial charge >= 0.3 is 0 Å². The summed E-state index contributed by atoms with van der Waals surface area (Å²) in [5, 5.41) is -1.55. The average Bonchev–Trinajstić information content (AvgIpc) is 1.15. The first-order valence-corrected chi connectivity index (χ1v) is 26.1. The number of pyridine rings is 1. The normalized spacial score (nSPS) is 17.2. The van der Waals surface area contributed by atoms with E-state index < -0.39 is 198 Å². The van der Waals surface area contributed by atoms with E-state index in [1.165, 1.54) is 29.0 Å². The van der Waals surface area contributed by atoms with Crippen molar-refractivity contribution in [2.24, 2.45) is 0 Å². The molecule has 0 aliphatic heterocycles. The highest BCUT2D eigenvalue weighted by atomic mass is 28.3. The van der Waals surface area contributed by atoms with Crippen molar-refractivity contribution in [3.63, 3.8) is 0 Å². The minimum atomic E-state index is -6.18. The van der Waals surface area contributed by atoms with Crippen molar-refractivity contribution in [2.75, 3.05) is 0 Å². The summed E-state index contributed by atoms with van der Waals surface area (Å²) in [6.45, 7) is 2.27. The van der Waals surface area contributed by atoms with Crippen LogP contribution in [0.4, 0.5) is 0 Å². The number of para-hydroxylation sites is 3. The molecule has 10 aromatic carbocycles. The molecule has 0 saturated carbocycles. The summed E-state index contributed by atoms with van der Waals surface area (Å²) in [6.07, 6.45) is 4.62. The third-order valence-corrected chi connectivity index (χ3v) is 17.6. The molecule has 0 bridgehead atoms. The van der Waals surface area contributed by atoms with Crippen LogP contribution in [0.25, 0.3) is 72.3 Å². The van der Waals surface area contributed by atoms with Crippen molar-refractivity contribution in [3.05, 3.63) is 284 Å². The molecule has 13 aromatic rings. The number of nitrogens with zero attached hydrogens (tertiary/aromatic N) is 4. The van der Waals surface area contributed by atoms with Crippen LogP contribution in [0.15, 0.2) is 266 Å². The van der Waals surface area contributed by atoms with Gasteiger partial charge in [-0.25, -0.2) is 4.98 Å². The Morgan fingerprint density at radius 1 is 0.545 bits per heavy atom. The second-order valence-corrected chi connectivity index (χ2v) is 22.4. The number of aromatic nitrogens is 4. The quantitative estimate of drug-likeness (QED) is 0.0560. The molecule has 0 radical (unpaired) electrons. The molecule has 0 fully saturated rings. The number of imidazole rings is 1. The van der Waals surface area contributed by atoms with Crippen molar-refractivity contribution in [1.29, 1.82) is 0 Å². The number of hydrogen-bond donors (Lipinski definition) is 0. The molecule has 0 atom stereocenters. The molecule has 370 valence electrons. The third-order valence-electron chi connectivity index (χ3n) is 13.4.